The zero-order chi connectivity index (χ0) is 13.6. The Balaban J connectivity index is 2.96. The third-order valence-corrected chi connectivity index (χ3v) is 4.77. The van der Waals surface area contributed by atoms with E-state index in [1.54, 1.807) is 18.2 Å². The van der Waals surface area contributed by atoms with Crippen LogP contribution in [0, 0.1) is 0 Å². The fourth-order valence-corrected chi connectivity index (χ4v) is 3.52. The molecule has 0 aromatic heterocycles. The molecule has 0 heterocycles. The zero-order valence-electron chi connectivity index (χ0n) is 10.4. The summed E-state index contributed by atoms with van der Waals surface area (Å²) in [7, 11) is -3.65. The number of carbonyl (C=O) groups is 1. The minimum Gasteiger partial charge on any atom is -0.480 e. The van der Waals surface area contributed by atoms with Crippen LogP contribution in [-0.4, -0.2) is 25.2 Å². The molecule has 100 valence electrons. The number of hydrogen-bond acceptors (Lipinski definition) is 3. The molecule has 0 aliphatic carbocycles. The van der Waals surface area contributed by atoms with Gasteiger partial charge in [-0.1, -0.05) is 50.1 Å². The topological polar surface area (TPSA) is 71.4 Å². The molecule has 0 aliphatic rings. The maximum Gasteiger partial charge on any atom is 0.326 e. The molecule has 18 heavy (non-hydrogen) atoms. The summed E-state index contributed by atoms with van der Waals surface area (Å²) in [5.41, 5.74) is 0.321. The van der Waals surface area contributed by atoms with Crippen molar-refractivity contribution in [2.75, 3.05) is 5.75 Å². The molecule has 0 amide bonds. The van der Waals surface area contributed by atoms with Gasteiger partial charge in [-0.25, -0.2) is 8.42 Å². The van der Waals surface area contributed by atoms with Crippen molar-refractivity contribution in [1.82, 2.24) is 0 Å². The van der Waals surface area contributed by atoms with Crippen molar-refractivity contribution in [2.24, 2.45) is 0 Å². The van der Waals surface area contributed by atoms with E-state index in [9.17, 15) is 13.2 Å². The van der Waals surface area contributed by atoms with Crippen LogP contribution in [0.25, 0.3) is 0 Å². The van der Waals surface area contributed by atoms with Crippen LogP contribution in [0.3, 0.4) is 0 Å². The number of hydrogen-bond donors (Lipinski definition) is 1. The molecule has 4 nitrogen and oxygen atoms in total. The molecular weight excluding hydrogens is 252 g/mol. The third kappa shape index (κ3) is 3.84. The molecule has 0 radical (unpaired) electrons. The number of unbranched alkanes of at least 4 members (excludes halogenated alkanes) is 2. The minimum atomic E-state index is -3.65. The second-order valence-corrected chi connectivity index (χ2v) is 6.41. The molecule has 1 aromatic rings. The number of carboxylic acid groups (broad SMARTS) is 1. The zero-order valence-corrected chi connectivity index (χ0v) is 11.2. The number of sulfone groups is 1. The average molecular weight is 270 g/mol. The van der Waals surface area contributed by atoms with E-state index in [0.717, 1.165) is 12.8 Å². The highest BCUT2D eigenvalue weighted by molar-refractivity contribution is 7.92. The van der Waals surface area contributed by atoms with Crippen molar-refractivity contribution in [2.45, 2.75) is 31.4 Å². The molecule has 0 fully saturated rings. The Kier molecular flexibility index (Phi) is 5.34. The predicted molar refractivity (Wildman–Crippen MR) is 70.1 cm³/mol. The Hall–Kier alpha value is -1.36. The van der Waals surface area contributed by atoms with E-state index in [2.05, 4.69) is 0 Å². The van der Waals surface area contributed by atoms with Crippen molar-refractivity contribution < 1.29 is 18.3 Å². The lowest BCUT2D eigenvalue weighted by atomic mass is 10.1. The molecule has 0 saturated heterocycles. The first-order chi connectivity index (χ1) is 8.49. The Morgan fingerprint density at radius 3 is 2.33 bits per heavy atom. The molecule has 1 atom stereocenters. The molecule has 1 aromatic carbocycles. The van der Waals surface area contributed by atoms with Crippen molar-refractivity contribution in [1.29, 1.82) is 0 Å². The number of rotatable bonds is 7. The molecule has 0 saturated carbocycles. The summed E-state index contributed by atoms with van der Waals surface area (Å²) in [6.45, 7) is 1.97. The highest BCUT2D eigenvalue weighted by atomic mass is 32.2. The average Bonchev–Trinajstić information content (AvgIpc) is 2.29. The largest absolute Gasteiger partial charge is 0.480 e. The molecular formula is C13H18O4S. The molecule has 1 rings (SSSR count). The van der Waals surface area contributed by atoms with Gasteiger partial charge in [-0.2, -0.15) is 0 Å². The fourth-order valence-electron chi connectivity index (χ4n) is 1.80. The van der Waals surface area contributed by atoms with Crippen molar-refractivity contribution in [3.63, 3.8) is 0 Å². The van der Waals surface area contributed by atoms with Gasteiger partial charge in [-0.05, 0) is 12.0 Å². The highest BCUT2D eigenvalue weighted by Gasteiger charge is 2.33. The first kappa shape index (κ1) is 14.7. The van der Waals surface area contributed by atoms with E-state index in [4.69, 9.17) is 5.11 Å². The third-order valence-electron chi connectivity index (χ3n) is 2.72. The Labute approximate surface area is 108 Å². The second kappa shape index (κ2) is 6.54. The van der Waals surface area contributed by atoms with E-state index in [1.807, 2.05) is 6.92 Å². The molecule has 0 aliphatic heterocycles. The lowest BCUT2D eigenvalue weighted by Gasteiger charge is -2.13. The molecule has 0 bridgehead atoms. The van der Waals surface area contributed by atoms with Crippen LogP contribution in [0.1, 0.15) is 37.0 Å². The first-order valence-corrected chi connectivity index (χ1v) is 7.70. The van der Waals surface area contributed by atoms with Crippen LogP contribution >= 0.6 is 0 Å². The van der Waals surface area contributed by atoms with Crippen LogP contribution in [0.2, 0.25) is 0 Å². The summed E-state index contributed by atoms with van der Waals surface area (Å²) >= 11 is 0. The first-order valence-electron chi connectivity index (χ1n) is 5.98. The van der Waals surface area contributed by atoms with Gasteiger partial charge in [-0.15, -0.1) is 0 Å². The quantitative estimate of drug-likeness (QED) is 0.772. The standard InChI is InChI=1S/C13H18O4S/c1-2-3-7-10-18(16,17)12(13(14)15)11-8-5-4-6-9-11/h4-6,8-9,12H,2-3,7,10H2,1H3,(H,14,15). The summed E-state index contributed by atoms with van der Waals surface area (Å²) in [6, 6.07) is 8.10. The van der Waals surface area contributed by atoms with Gasteiger partial charge in [-0.3, -0.25) is 4.79 Å². The highest BCUT2D eigenvalue weighted by Crippen LogP contribution is 2.24. The van der Waals surface area contributed by atoms with Crippen molar-refractivity contribution in [3.05, 3.63) is 35.9 Å². The Morgan fingerprint density at radius 2 is 1.83 bits per heavy atom. The van der Waals surface area contributed by atoms with Gasteiger partial charge in [0.05, 0.1) is 5.75 Å². The smallest absolute Gasteiger partial charge is 0.326 e. The SMILES string of the molecule is CCCCCS(=O)(=O)C(C(=O)O)c1ccccc1. The van der Waals surface area contributed by atoms with E-state index in [1.165, 1.54) is 12.1 Å². The van der Waals surface area contributed by atoms with Gasteiger partial charge in [0.2, 0.25) is 0 Å². The predicted octanol–water partition coefficient (Wildman–Crippen LogP) is 2.42. The van der Waals surface area contributed by atoms with Crippen molar-refractivity contribution >= 4 is 15.8 Å². The van der Waals surface area contributed by atoms with E-state index < -0.39 is 21.1 Å². The molecule has 0 spiro atoms. The second-order valence-electron chi connectivity index (χ2n) is 4.20. The summed E-state index contributed by atoms with van der Waals surface area (Å²) in [5.74, 6) is -1.38. The summed E-state index contributed by atoms with van der Waals surface area (Å²) in [5, 5.41) is 7.69. The minimum absolute atomic E-state index is 0.0767. The van der Waals surface area contributed by atoms with Crippen LogP contribution in [-0.2, 0) is 14.6 Å². The summed E-state index contributed by atoms with van der Waals surface area (Å²) < 4.78 is 24.1. The Bertz CT molecular complexity index is 479. The monoisotopic (exact) mass is 270 g/mol. The van der Waals surface area contributed by atoms with E-state index >= 15 is 0 Å². The van der Waals surface area contributed by atoms with Gasteiger partial charge in [0.25, 0.3) is 0 Å². The molecule has 1 N–H and O–H groups in total. The van der Waals surface area contributed by atoms with Crippen LogP contribution < -0.4 is 0 Å². The lowest BCUT2D eigenvalue weighted by Crippen LogP contribution is -2.24. The van der Waals surface area contributed by atoms with Gasteiger partial charge in [0.15, 0.2) is 15.1 Å². The van der Waals surface area contributed by atoms with Crippen LogP contribution in [0.5, 0.6) is 0 Å². The fraction of sp³-hybridized carbons (Fsp3) is 0.462. The van der Waals surface area contributed by atoms with Crippen LogP contribution in [0.15, 0.2) is 30.3 Å². The van der Waals surface area contributed by atoms with E-state index in [0.29, 0.717) is 12.0 Å². The van der Waals surface area contributed by atoms with Gasteiger partial charge < -0.3 is 5.11 Å². The summed E-state index contributed by atoms with van der Waals surface area (Å²) in [6.07, 6.45) is 2.20. The molecule has 1 unspecified atom stereocenters. The van der Waals surface area contributed by atoms with Crippen molar-refractivity contribution in [3.8, 4) is 0 Å². The number of benzene rings is 1. The molecule has 5 heteroatoms. The van der Waals surface area contributed by atoms with E-state index in [-0.39, 0.29) is 5.75 Å². The number of aliphatic carboxylic acids is 1. The van der Waals surface area contributed by atoms with Gasteiger partial charge >= 0.3 is 5.97 Å². The van der Waals surface area contributed by atoms with Crippen LogP contribution in [0.4, 0.5) is 0 Å². The van der Waals surface area contributed by atoms with Gasteiger partial charge in [0.1, 0.15) is 0 Å². The van der Waals surface area contributed by atoms with Gasteiger partial charge in [0, 0.05) is 0 Å². The lowest BCUT2D eigenvalue weighted by molar-refractivity contribution is -0.136. The Morgan fingerprint density at radius 1 is 1.22 bits per heavy atom. The number of carboxylic acids is 1. The maximum absolute atomic E-state index is 12.1. The normalized spacial score (nSPS) is 13.2. The maximum atomic E-state index is 12.1. The summed E-state index contributed by atoms with van der Waals surface area (Å²) in [4.78, 5) is 11.2.